The average molecular weight is 366 g/mol. The monoisotopic (exact) mass is 365 g/mol. The van der Waals surface area contributed by atoms with Gasteiger partial charge in [0.25, 0.3) is 0 Å². The number of ether oxygens (including phenoxy) is 1. The number of benzene rings is 1. The van der Waals surface area contributed by atoms with Gasteiger partial charge < -0.3 is 10.1 Å². The molecule has 1 aliphatic rings. The molecule has 1 aromatic rings. The Morgan fingerprint density at radius 2 is 1.95 bits per heavy atom. The summed E-state index contributed by atoms with van der Waals surface area (Å²) in [4.78, 5) is 0. The second kappa shape index (κ2) is 5.71. The third-order valence-corrected chi connectivity index (χ3v) is 4.46. The summed E-state index contributed by atoms with van der Waals surface area (Å²) in [7, 11) is 0. The van der Waals surface area contributed by atoms with Crippen molar-refractivity contribution in [1.82, 2.24) is 0 Å². The molecule has 118 valence electrons. The van der Waals surface area contributed by atoms with Crippen LogP contribution in [0.4, 0.5) is 18.9 Å². The zero-order chi connectivity index (χ0) is 15.8. The van der Waals surface area contributed by atoms with E-state index in [2.05, 4.69) is 46.8 Å². The van der Waals surface area contributed by atoms with Crippen LogP contribution in [0.25, 0.3) is 0 Å². The molecular weight excluding hydrogens is 347 g/mol. The summed E-state index contributed by atoms with van der Waals surface area (Å²) < 4.78 is 40.9. The van der Waals surface area contributed by atoms with Crippen LogP contribution in [0.1, 0.15) is 33.6 Å². The first-order valence-corrected chi connectivity index (χ1v) is 7.67. The highest BCUT2D eigenvalue weighted by molar-refractivity contribution is 9.10. The molecule has 2 rings (SSSR count). The first-order chi connectivity index (χ1) is 9.56. The highest BCUT2D eigenvalue weighted by atomic mass is 79.9. The smallest absolute Gasteiger partial charge is 0.405 e. The Morgan fingerprint density at radius 3 is 2.43 bits per heavy atom. The molecule has 0 bridgehead atoms. The molecule has 1 saturated carbocycles. The van der Waals surface area contributed by atoms with Crippen molar-refractivity contribution in [1.29, 1.82) is 0 Å². The van der Waals surface area contributed by atoms with Gasteiger partial charge in [-0.05, 0) is 58.3 Å². The molecule has 0 radical (unpaired) electrons. The molecule has 1 fully saturated rings. The van der Waals surface area contributed by atoms with Gasteiger partial charge in [-0.15, -0.1) is 13.2 Å². The van der Waals surface area contributed by atoms with Crippen LogP contribution < -0.4 is 10.1 Å². The molecule has 0 aliphatic heterocycles. The van der Waals surface area contributed by atoms with Gasteiger partial charge in [-0.3, -0.25) is 0 Å². The molecule has 0 aromatic heterocycles. The standard InChI is InChI=1S/C15H19BrF3NO/c1-9-7-14(2,3)8-12(9)20-10-4-5-13(11(16)6-10)21-15(17,18)19/h4-6,9,12,20H,7-8H2,1-3H3. The SMILES string of the molecule is CC1CC(C)(C)CC1Nc1ccc(OC(F)(F)F)c(Br)c1. The van der Waals surface area contributed by atoms with Crippen molar-refractivity contribution in [2.45, 2.75) is 46.0 Å². The fourth-order valence-corrected chi connectivity index (χ4v) is 3.56. The lowest BCUT2D eigenvalue weighted by atomic mass is 9.91. The van der Waals surface area contributed by atoms with Crippen LogP contribution in [0, 0.1) is 11.3 Å². The van der Waals surface area contributed by atoms with Crippen LogP contribution in [0.2, 0.25) is 0 Å². The second-order valence-electron chi connectivity index (χ2n) is 6.49. The van der Waals surface area contributed by atoms with Crippen LogP contribution in [-0.2, 0) is 0 Å². The molecule has 0 heterocycles. The van der Waals surface area contributed by atoms with Crippen molar-refractivity contribution < 1.29 is 17.9 Å². The van der Waals surface area contributed by atoms with Gasteiger partial charge in [-0.1, -0.05) is 20.8 Å². The van der Waals surface area contributed by atoms with E-state index in [9.17, 15) is 13.2 Å². The lowest BCUT2D eigenvalue weighted by Crippen LogP contribution is -2.22. The Bertz CT molecular complexity index is 516. The van der Waals surface area contributed by atoms with E-state index < -0.39 is 6.36 Å². The van der Waals surface area contributed by atoms with E-state index in [-0.39, 0.29) is 10.2 Å². The van der Waals surface area contributed by atoms with Crippen LogP contribution >= 0.6 is 15.9 Å². The number of anilines is 1. The van der Waals surface area contributed by atoms with Gasteiger partial charge in [0.2, 0.25) is 0 Å². The lowest BCUT2D eigenvalue weighted by molar-refractivity contribution is -0.274. The predicted octanol–water partition coefficient (Wildman–Crippen LogP) is 5.58. The third-order valence-electron chi connectivity index (χ3n) is 3.84. The molecule has 21 heavy (non-hydrogen) atoms. The molecular formula is C15H19BrF3NO. The maximum absolute atomic E-state index is 12.2. The van der Waals surface area contributed by atoms with Crippen LogP contribution in [0.5, 0.6) is 5.75 Å². The molecule has 1 N–H and O–H groups in total. The third kappa shape index (κ3) is 4.53. The number of alkyl halides is 3. The Hall–Kier alpha value is -0.910. The summed E-state index contributed by atoms with van der Waals surface area (Å²) >= 11 is 3.12. The summed E-state index contributed by atoms with van der Waals surface area (Å²) in [6, 6.07) is 4.90. The van der Waals surface area contributed by atoms with Crippen LogP contribution in [0.15, 0.2) is 22.7 Å². The van der Waals surface area contributed by atoms with Crippen molar-refractivity contribution >= 4 is 21.6 Å². The van der Waals surface area contributed by atoms with E-state index in [4.69, 9.17) is 0 Å². The molecule has 1 aromatic carbocycles. The van der Waals surface area contributed by atoms with Crippen molar-refractivity contribution in [3.8, 4) is 5.75 Å². The van der Waals surface area contributed by atoms with Gasteiger partial charge >= 0.3 is 6.36 Å². The lowest BCUT2D eigenvalue weighted by Gasteiger charge is -2.20. The summed E-state index contributed by atoms with van der Waals surface area (Å²) in [6.45, 7) is 6.67. The minimum absolute atomic E-state index is 0.229. The van der Waals surface area contributed by atoms with E-state index in [0.29, 0.717) is 17.4 Å². The van der Waals surface area contributed by atoms with Crippen molar-refractivity contribution in [2.75, 3.05) is 5.32 Å². The molecule has 2 unspecified atom stereocenters. The number of halogens is 4. The first-order valence-electron chi connectivity index (χ1n) is 6.88. The Morgan fingerprint density at radius 1 is 1.29 bits per heavy atom. The van der Waals surface area contributed by atoms with Crippen molar-refractivity contribution in [2.24, 2.45) is 11.3 Å². The van der Waals surface area contributed by atoms with Gasteiger partial charge in [-0.25, -0.2) is 0 Å². The minimum atomic E-state index is -4.68. The maximum Gasteiger partial charge on any atom is 0.573 e. The highest BCUT2D eigenvalue weighted by Crippen LogP contribution is 2.42. The number of hydrogen-bond donors (Lipinski definition) is 1. The highest BCUT2D eigenvalue weighted by Gasteiger charge is 2.36. The van der Waals surface area contributed by atoms with E-state index in [1.807, 2.05) is 0 Å². The maximum atomic E-state index is 12.2. The largest absolute Gasteiger partial charge is 0.573 e. The van der Waals surface area contributed by atoms with Crippen molar-refractivity contribution in [3.63, 3.8) is 0 Å². The van der Waals surface area contributed by atoms with Crippen LogP contribution in [-0.4, -0.2) is 12.4 Å². The normalized spacial score (nSPS) is 24.9. The van der Waals surface area contributed by atoms with Crippen LogP contribution in [0.3, 0.4) is 0 Å². The fraction of sp³-hybridized carbons (Fsp3) is 0.600. The van der Waals surface area contributed by atoms with E-state index in [1.54, 1.807) is 12.1 Å². The van der Waals surface area contributed by atoms with E-state index in [0.717, 1.165) is 18.5 Å². The van der Waals surface area contributed by atoms with Gasteiger partial charge in [0, 0.05) is 11.7 Å². The molecule has 1 aliphatic carbocycles. The molecule has 2 nitrogen and oxygen atoms in total. The van der Waals surface area contributed by atoms with Crippen molar-refractivity contribution in [3.05, 3.63) is 22.7 Å². The predicted molar refractivity (Wildman–Crippen MR) is 80.4 cm³/mol. The van der Waals surface area contributed by atoms with E-state index >= 15 is 0 Å². The number of rotatable bonds is 3. The van der Waals surface area contributed by atoms with Gasteiger partial charge in [0.15, 0.2) is 0 Å². The average Bonchev–Trinajstić information content (AvgIpc) is 2.54. The molecule has 2 atom stereocenters. The summed E-state index contributed by atoms with van der Waals surface area (Å²) in [5.41, 5.74) is 1.10. The number of hydrogen-bond acceptors (Lipinski definition) is 2. The molecule has 0 spiro atoms. The first kappa shape index (κ1) is 16.5. The Labute approximate surface area is 131 Å². The molecule has 0 amide bonds. The zero-order valence-corrected chi connectivity index (χ0v) is 13.8. The minimum Gasteiger partial charge on any atom is -0.405 e. The van der Waals surface area contributed by atoms with E-state index in [1.165, 1.54) is 6.07 Å². The number of nitrogens with one attached hydrogen (secondary N) is 1. The Balaban J connectivity index is 2.07. The molecule has 0 saturated heterocycles. The Kier molecular flexibility index (Phi) is 4.47. The summed E-state index contributed by atoms with van der Waals surface area (Å²) in [5.74, 6) is 0.303. The zero-order valence-electron chi connectivity index (χ0n) is 12.2. The van der Waals surface area contributed by atoms with Gasteiger partial charge in [-0.2, -0.15) is 0 Å². The quantitative estimate of drug-likeness (QED) is 0.754. The fourth-order valence-electron chi connectivity index (χ4n) is 3.10. The van der Waals surface area contributed by atoms with Gasteiger partial charge in [0.1, 0.15) is 5.75 Å². The summed E-state index contributed by atoms with van der Waals surface area (Å²) in [6.07, 6.45) is -2.49. The second-order valence-corrected chi connectivity index (χ2v) is 7.35. The summed E-state index contributed by atoms with van der Waals surface area (Å²) in [5, 5.41) is 3.41. The topological polar surface area (TPSA) is 21.3 Å². The van der Waals surface area contributed by atoms with Gasteiger partial charge in [0.05, 0.1) is 4.47 Å². The molecule has 6 heteroatoms.